The lowest BCUT2D eigenvalue weighted by Gasteiger charge is -2.29. The average Bonchev–Trinajstić information content (AvgIpc) is 3.32. The molecule has 3 saturated heterocycles. The number of fused-ring (bicyclic) bond motifs is 1. The van der Waals surface area contributed by atoms with Gasteiger partial charge in [0, 0.05) is 38.5 Å². The largest absolute Gasteiger partial charge is 0.370 e. The van der Waals surface area contributed by atoms with Crippen molar-refractivity contribution < 1.29 is 14.3 Å². The fourth-order valence-electron chi connectivity index (χ4n) is 4.70. The lowest BCUT2D eigenvalue weighted by atomic mass is 9.73. The van der Waals surface area contributed by atoms with Crippen LogP contribution in [-0.2, 0) is 9.53 Å². The van der Waals surface area contributed by atoms with Crippen LogP contribution in [0.3, 0.4) is 0 Å². The molecule has 2 bridgehead atoms. The molecule has 0 radical (unpaired) electrons. The molecule has 0 aliphatic carbocycles. The second-order valence-electron chi connectivity index (χ2n) is 7.19. The van der Waals surface area contributed by atoms with Gasteiger partial charge in [-0.05, 0) is 25.0 Å². The van der Waals surface area contributed by atoms with Gasteiger partial charge in [0.1, 0.15) is 0 Å². The summed E-state index contributed by atoms with van der Waals surface area (Å²) in [5, 5.41) is 5.73. The number of carbonyl (C=O) groups excluding carboxylic acids is 2. The molecule has 1 aromatic rings. The van der Waals surface area contributed by atoms with E-state index in [0.29, 0.717) is 34.1 Å². The minimum atomic E-state index is -0.125. The number of likely N-dealkylation sites (tertiary alicyclic amines) is 1. The van der Waals surface area contributed by atoms with Crippen LogP contribution >= 0.6 is 22.9 Å². The second kappa shape index (κ2) is 6.54. The molecule has 3 aliphatic rings. The number of nitrogens with one attached hydrogen (secondary N) is 2. The molecule has 4 rings (SSSR count). The molecule has 6 nitrogen and oxygen atoms in total. The number of rotatable bonds is 5. The minimum absolute atomic E-state index is 0.0327. The van der Waals surface area contributed by atoms with E-state index in [1.807, 2.05) is 0 Å². The van der Waals surface area contributed by atoms with Crippen LogP contribution in [-0.4, -0.2) is 61.6 Å². The Morgan fingerprint density at radius 1 is 1.48 bits per heavy atom. The summed E-state index contributed by atoms with van der Waals surface area (Å²) in [6.07, 6.45) is 2.31. The van der Waals surface area contributed by atoms with Gasteiger partial charge in [0.25, 0.3) is 5.91 Å². The number of halogens is 1. The van der Waals surface area contributed by atoms with Crippen LogP contribution in [0.4, 0.5) is 0 Å². The number of hydrogen-bond donors (Lipinski definition) is 2. The van der Waals surface area contributed by atoms with E-state index in [-0.39, 0.29) is 23.5 Å². The molecule has 2 amide bonds. The van der Waals surface area contributed by atoms with Crippen LogP contribution in [0.2, 0.25) is 4.34 Å². The minimum Gasteiger partial charge on any atom is -0.370 e. The molecule has 0 saturated carbocycles. The third-order valence-corrected chi connectivity index (χ3v) is 7.03. The molecule has 0 unspecified atom stereocenters. The highest BCUT2D eigenvalue weighted by atomic mass is 35.5. The summed E-state index contributed by atoms with van der Waals surface area (Å²) < 4.78 is 6.96. The summed E-state index contributed by atoms with van der Waals surface area (Å²) in [6, 6.07) is 3.49. The third-order valence-electron chi connectivity index (χ3n) is 5.80. The standard InChI is InChI=1S/C17H22ClN3O3S/c1-19-15(22)8-21-7-11-10(12-4-5-17(11,9-21)24-12)6-20-16(23)13-2-3-14(18)25-13/h2-3,10-12H,4-9H2,1H3,(H,19,22)(H,20,23)/t10-,11+,12+,17+/m0/s1. The zero-order valence-electron chi connectivity index (χ0n) is 14.1. The van der Waals surface area contributed by atoms with E-state index >= 15 is 0 Å². The first-order chi connectivity index (χ1) is 12.0. The first kappa shape index (κ1) is 17.3. The number of nitrogens with zero attached hydrogens (tertiary/aromatic N) is 1. The molecule has 4 heterocycles. The van der Waals surface area contributed by atoms with E-state index in [0.717, 1.165) is 25.9 Å². The van der Waals surface area contributed by atoms with Gasteiger partial charge in [-0.1, -0.05) is 11.6 Å². The molecular formula is C17H22ClN3O3S. The van der Waals surface area contributed by atoms with Gasteiger partial charge >= 0.3 is 0 Å². The Labute approximate surface area is 155 Å². The van der Waals surface area contributed by atoms with Gasteiger partial charge in [-0.3, -0.25) is 14.5 Å². The summed E-state index contributed by atoms with van der Waals surface area (Å²) in [6.45, 7) is 2.69. The number of carbonyl (C=O) groups is 2. The quantitative estimate of drug-likeness (QED) is 0.805. The first-order valence-electron chi connectivity index (χ1n) is 8.65. The van der Waals surface area contributed by atoms with Crippen molar-refractivity contribution in [3.05, 3.63) is 21.3 Å². The van der Waals surface area contributed by atoms with Crippen LogP contribution in [0.15, 0.2) is 12.1 Å². The van der Waals surface area contributed by atoms with Crippen molar-refractivity contribution in [3.8, 4) is 0 Å². The molecule has 1 spiro atoms. The zero-order valence-corrected chi connectivity index (χ0v) is 15.7. The maximum Gasteiger partial charge on any atom is 0.261 e. The van der Waals surface area contributed by atoms with Gasteiger partial charge in [0.05, 0.1) is 27.5 Å². The van der Waals surface area contributed by atoms with E-state index in [9.17, 15) is 9.59 Å². The van der Waals surface area contributed by atoms with Gasteiger partial charge in [-0.2, -0.15) is 0 Å². The van der Waals surface area contributed by atoms with Crippen LogP contribution < -0.4 is 10.6 Å². The molecule has 2 N–H and O–H groups in total. The summed E-state index contributed by atoms with van der Waals surface area (Å²) in [5.41, 5.74) is -0.125. The average molecular weight is 384 g/mol. The number of ether oxygens (including phenoxy) is 1. The second-order valence-corrected chi connectivity index (χ2v) is 8.90. The van der Waals surface area contributed by atoms with Crippen molar-refractivity contribution >= 4 is 34.8 Å². The highest BCUT2D eigenvalue weighted by Gasteiger charge is 2.62. The zero-order chi connectivity index (χ0) is 17.6. The highest BCUT2D eigenvalue weighted by Crippen LogP contribution is 2.54. The Morgan fingerprint density at radius 3 is 3.04 bits per heavy atom. The van der Waals surface area contributed by atoms with E-state index in [1.54, 1.807) is 19.2 Å². The predicted molar refractivity (Wildman–Crippen MR) is 96.0 cm³/mol. The number of likely N-dealkylation sites (N-methyl/N-ethyl adjacent to an activating group) is 1. The topological polar surface area (TPSA) is 70.7 Å². The van der Waals surface area contributed by atoms with Crippen LogP contribution in [0.5, 0.6) is 0 Å². The van der Waals surface area contributed by atoms with Gasteiger partial charge in [-0.25, -0.2) is 0 Å². The van der Waals surface area contributed by atoms with Crippen molar-refractivity contribution in [2.75, 3.05) is 33.2 Å². The smallest absolute Gasteiger partial charge is 0.261 e. The number of hydrogen-bond acceptors (Lipinski definition) is 5. The summed E-state index contributed by atoms with van der Waals surface area (Å²) in [7, 11) is 1.66. The van der Waals surface area contributed by atoms with Crippen molar-refractivity contribution in [1.82, 2.24) is 15.5 Å². The Kier molecular flexibility index (Phi) is 4.52. The van der Waals surface area contributed by atoms with Crippen LogP contribution in [0.25, 0.3) is 0 Å². The third kappa shape index (κ3) is 3.07. The summed E-state index contributed by atoms with van der Waals surface area (Å²) >= 11 is 7.20. The predicted octanol–water partition coefficient (Wildman–Crippen LogP) is 1.36. The first-order valence-corrected chi connectivity index (χ1v) is 9.84. The highest BCUT2D eigenvalue weighted by molar-refractivity contribution is 7.17. The normalized spacial score (nSPS) is 33.4. The van der Waals surface area contributed by atoms with Crippen molar-refractivity contribution in [3.63, 3.8) is 0 Å². The lowest BCUT2D eigenvalue weighted by molar-refractivity contribution is -0.121. The van der Waals surface area contributed by atoms with Crippen molar-refractivity contribution in [2.45, 2.75) is 24.5 Å². The molecule has 1 aromatic heterocycles. The van der Waals surface area contributed by atoms with E-state index in [4.69, 9.17) is 16.3 Å². The molecule has 25 heavy (non-hydrogen) atoms. The fourth-order valence-corrected chi connectivity index (χ4v) is 5.66. The van der Waals surface area contributed by atoms with E-state index < -0.39 is 0 Å². The van der Waals surface area contributed by atoms with Gasteiger partial charge < -0.3 is 15.4 Å². The molecule has 4 atom stereocenters. The van der Waals surface area contributed by atoms with E-state index in [1.165, 1.54) is 11.3 Å². The molecule has 8 heteroatoms. The Morgan fingerprint density at radius 2 is 2.32 bits per heavy atom. The Balaban J connectivity index is 1.39. The van der Waals surface area contributed by atoms with Gasteiger partial charge in [-0.15, -0.1) is 11.3 Å². The van der Waals surface area contributed by atoms with Crippen molar-refractivity contribution in [1.29, 1.82) is 0 Å². The molecule has 3 aliphatic heterocycles. The Hall–Kier alpha value is -1.15. The fraction of sp³-hybridized carbons (Fsp3) is 0.647. The monoisotopic (exact) mass is 383 g/mol. The summed E-state index contributed by atoms with van der Waals surface area (Å²) in [4.78, 5) is 26.8. The number of thiophene rings is 1. The maximum absolute atomic E-state index is 12.3. The number of amides is 2. The molecule has 0 aromatic carbocycles. The van der Waals surface area contributed by atoms with Crippen molar-refractivity contribution in [2.24, 2.45) is 11.8 Å². The summed E-state index contributed by atoms with van der Waals surface area (Å²) in [5.74, 6) is 0.644. The molecular weight excluding hydrogens is 362 g/mol. The molecule has 136 valence electrons. The lowest BCUT2D eigenvalue weighted by Crippen LogP contribution is -2.41. The molecule has 3 fully saturated rings. The van der Waals surface area contributed by atoms with Crippen LogP contribution in [0.1, 0.15) is 22.5 Å². The SMILES string of the molecule is CNC(=O)CN1C[C@@H]2[C@H](CNC(=O)c3ccc(Cl)s3)[C@H]3CC[C@]2(C1)O3. The Bertz CT molecular complexity index is 696. The van der Waals surface area contributed by atoms with Gasteiger partial charge in [0.2, 0.25) is 5.91 Å². The van der Waals surface area contributed by atoms with E-state index in [2.05, 4.69) is 15.5 Å². The van der Waals surface area contributed by atoms with Gasteiger partial charge in [0.15, 0.2) is 0 Å². The maximum atomic E-state index is 12.3. The van der Waals surface area contributed by atoms with Crippen LogP contribution in [0, 0.1) is 11.8 Å².